The molecule has 0 atom stereocenters. The summed E-state index contributed by atoms with van der Waals surface area (Å²) in [5.74, 6) is 1.86. The molecule has 0 spiro atoms. The minimum absolute atomic E-state index is 0.750. The Morgan fingerprint density at radius 3 is 2.68 bits per heavy atom. The largest absolute Gasteiger partial charge is 0.460 e. The molecule has 0 radical (unpaired) electrons. The van der Waals surface area contributed by atoms with Gasteiger partial charge in [-0.05, 0) is 37.2 Å². The van der Waals surface area contributed by atoms with Crippen molar-refractivity contribution in [2.45, 2.75) is 13.0 Å². The van der Waals surface area contributed by atoms with E-state index >= 15 is 0 Å². The summed E-state index contributed by atoms with van der Waals surface area (Å²) in [7, 11) is 1.72. The summed E-state index contributed by atoms with van der Waals surface area (Å²) in [4.78, 5) is 0. The number of furan rings is 1. The van der Waals surface area contributed by atoms with E-state index in [1.807, 2.05) is 36.4 Å². The van der Waals surface area contributed by atoms with E-state index in [2.05, 4.69) is 21.2 Å². The third-order valence-electron chi connectivity index (χ3n) is 2.79. The highest BCUT2D eigenvalue weighted by molar-refractivity contribution is 9.10. The summed E-state index contributed by atoms with van der Waals surface area (Å²) in [5.41, 5.74) is 1.09. The van der Waals surface area contributed by atoms with Crippen molar-refractivity contribution >= 4 is 15.9 Å². The lowest BCUT2D eigenvalue weighted by atomic mass is 10.2. The van der Waals surface area contributed by atoms with Crippen LogP contribution in [0.15, 0.2) is 45.3 Å². The molecule has 0 aliphatic heterocycles. The molecule has 4 heteroatoms. The van der Waals surface area contributed by atoms with Crippen molar-refractivity contribution < 1.29 is 9.15 Å². The SMILES string of the molecule is COCCCNCc1ccc(-c2ccc(Br)cc2)o1. The second kappa shape index (κ2) is 7.48. The topological polar surface area (TPSA) is 34.4 Å². The summed E-state index contributed by atoms with van der Waals surface area (Å²) in [6.45, 7) is 2.47. The number of benzene rings is 1. The molecule has 0 unspecified atom stereocenters. The monoisotopic (exact) mass is 323 g/mol. The Kier molecular flexibility index (Phi) is 5.63. The molecule has 1 heterocycles. The summed E-state index contributed by atoms with van der Waals surface area (Å²) < 4.78 is 11.9. The molecule has 0 saturated heterocycles. The summed E-state index contributed by atoms with van der Waals surface area (Å²) in [5, 5.41) is 3.33. The predicted octanol–water partition coefficient (Wildman–Crippen LogP) is 3.84. The maximum absolute atomic E-state index is 5.81. The molecular weight excluding hydrogens is 306 g/mol. The molecule has 3 nitrogen and oxygen atoms in total. The van der Waals surface area contributed by atoms with Crippen LogP contribution in [0.2, 0.25) is 0 Å². The Morgan fingerprint density at radius 1 is 1.16 bits per heavy atom. The van der Waals surface area contributed by atoms with Crippen LogP contribution in [0.5, 0.6) is 0 Å². The van der Waals surface area contributed by atoms with Gasteiger partial charge >= 0.3 is 0 Å². The molecule has 0 saturated carbocycles. The lowest BCUT2D eigenvalue weighted by Gasteiger charge is -2.02. The summed E-state index contributed by atoms with van der Waals surface area (Å²) in [6.07, 6.45) is 1.01. The maximum atomic E-state index is 5.81. The second-order valence-corrected chi connectivity index (χ2v) is 5.21. The van der Waals surface area contributed by atoms with E-state index < -0.39 is 0 Å². The first kappa shape index (κ1) is 14.3. The first-order valence-corrected chi connectivity index (χ1v) is 7.13. The van der Waals surface area contributed by atoms with Gasteiger partial charge in [0.25, 0.3) is 0 Å². The van der Waals surface area contributed by atoms with E-state index in [0.717, 1.165) is 47.7 Å². The highest BCUT2D eigenvalue weighted by Gasteiger charge is 2.04. The van der Waals surface area contributed by atoms with Gasteiger partial charge < -0.3 is 14.5 Å². The fourth-order valence-electron chi connectivity index (χ4n) is 1.80. The highest BCUT2D eigenvalue weighted by atomic mass is 79.9. The van der Waals surface area contributed by atoms with E-state index in [4.69, 9.17) is 9.15 Å². The van der Waals surface area contributed by atoms with Crippen LogP contribution >= 0.6 is 15.9 Å². The Morgan fingerprint density at radius 2 is 1.95 bits per heavy atom. The molecule has 0 fully saturated rings. The Labute approximate surface area is 122 Å². The van der Waals surface area contributed by atoms with Crippen LogP contribution < -0.4 is 5.32 Å². The van der Waals surface area contributed by atoms with E-state index in [1.165, 1.54) is 0 Å². The van der Waals surface area contributed by atoms with Gasteiger partial charge in [-0.15, -0.1) is 0 Å². The van der Waals surface area contributed by atoms with E-state index in [-0.39, 0.29) is 0 Å². The van der Waals surface area contributed by atoms with Crippen LogP contribution in [0.3, 0.4) is 0 Å². The minimum atomic E-state index is 0.750. The van der Waals surface area contributed by atoms with Gasteiger partial charge in [0.15, 0.2) is 0 Å². The molecule has 102 valence electrons. The summed E-state index contributed by atoms with van der Waals surface area (Å²) in [6, 6.07) is 12.1. The molecule has 19 heavy (non-hydrogen) atoms. The van der Waals surface area contributed by atoms with Gasteiger partial charge in [-0.2, -0.15) is 0 Å². The van der Waals surface area contributed by atoms with Crippen molar-refractivity contribution in [1.82, 2.24) is 5.32 Å². The van der Waals surface area contributed by atoms with E-state index in [9.17, 15) is 0 Å². The number of rotatable bonds is 7. The third-order valence-corrected chi connectivity index (χ3v) is 3.32. The van der Waals surface area contributed by atoms with Crippen LogP contribution in [-0.4, -0.2) is 20.3 Å². The molecule has 0 aliphatic rings. The molecule has 1 aromatic carbocycles. The summed E-state index contributed by atoms with van der Waals surface area (Å²) >= 11 is 3.43. The Hall–Kier alpha value is -1.10. The van der Waals surface area contributed by atoms with Gasteiger partial charge in [-0.1, -0.05) is 28.1 Å². The van der Waals surface area contributed by atoms with Gasteiger partial charge in [0.05, 0.1) is 6.54 Å². The Bertz CT molecular complexity index is 493. The zero-order valence-corrected chi connectivity index (χ0v) is 12.6. The molecule has 1 N–H and O–H groups in total. The number of nitrogens with one attached hydrogen (secondary N) is 1. The second-order valence-electron chi connectivity index (χ2n) is 4.30. The lowest BCUT2D eigenvalue weighted by molar-refractivity contribution is 0.194. The number of methoxy groups -OCH3 is 1. The van der Waals surface area contributed by atoms with Crippen LogP contribution in [0, 0.1) is 0 Å². The van der Waals surface area contributed by atoms with Crippen molar-refractivity contribution in [3.05, 3.63) is 46.6 Å². The third kappa shape index (κ3) is 4.49. The van der Waals surface area contributed by atoms with Gasteiger partial charge in [0.1, 0.15) is 11.5 Å². The quantitative estimate of drug-likeness (QED) is 0.786. The standard InChI is InChI=1S/C15H18BrNO2/c1-18-10-2-9-17-11-14-7-8-15(19-14)12-3-5-13(16)6-4-12/h3-8,17H,2,9-11H2,1H3. The molecule has 2 aromatic rings. The van der Waals surface area contributed by atoms with Gasteiger partial charge in [-0.25, -0.2) is 0 Å². The number of hydrogen-bond donors (Lipinski definition) is 1. The van der Waals surface area contributed by atoms with Gasteiger partial charge in [0, 0.05) is 23.8 Å². The number of hydrogen-bond acceptors (Lipinski definition) is 3. The molecule has 0 amide bonds. The molecule has 2 rings (SSSR count). The zero-order chi connectivity index (χ0) is 13.5. The fraction of sp³-hybridized carbons (Fsp3) is 0.333. The lowest BCUT2D eigenvalue weighted by Crippen LogP contribution is -2.15. The Balaban J connectivity index is 1.86. The van der Waals surface area contributed by atoms with E-state index in [0.29, 0.717) is 0 Å². The minimum Gasteiger partial charge on any atom is -0.460 e. The molecule has 0 bridgehead atoms. The average Bonchev–Trinajstić information content (AvgIpc) is 2.88. The number of halogens is 1. The van der Waals surface area contributed by atoms with Crippen molar-refractivity contribution in [3.8, 4) is 11.3 Å². The smallest absolute Gasteiger partial charge is 0.134 e. The zero-order valence-electron chi connectivity index (χ0n) is 11.0. The first-order chi connectivity index (χ1) is 9.29. The maximum Gasteiger partial charge on any atom is 0.134 e. The van der Waals surface area contributed by atoms with Gasteiger partial charge in [-0.3, -0.25) is 0 Å². The van der Waals surface area contributed by atoms with Crippen molar-refractivity contribution in [3.63, 3.8) is 0 Å². The van der Waals surface area contributed by atoms with Crippen molar-refractivity contribution in [2.24, 2.45) is 0 Å². The molecule has 0 aliphatic carbocycles. The number of ether oxygens (including phenoxy) is 1. The predicted molar refractivity (Wildman–Crippen MR) is 80.0 cm³/mol. The van der Waals surface area contributed by atoms with Crippen LogP contribution in [0.4, 0.5) is 0 Å². The van der Waals surface area contributed by atoms with Crippen molar-refractivity contribution in [2.75, 3.05) is 20.3 Å². The first-order valence-electron chi connectivity index (χ1n) is 6.34. The molecular formula is C15H18BrNO2. The average molecular weight is 324 g/mol. The van der Waals surface area contributed by atoms with Crippen molar-refractivity contribution in [1.29, 1.82) is 0 Å². The van der Waals surface area contributed by atoms with Gasteiger partial charge in [0.2, 0.25) is 0 Å². The van der Waals surface area contributed by atoms with E-state index in [1.54, 1.807) is 7.11 Å². The van der Waals surface area contributed by atoms with Crippen LogP contribution in [0.25, 0.3) is 11.3 Å². The normalized spacial score (nSPS) is 10.8. The fourth-order valence-corrected chi connectivity index (χ4v) is 2.06. The van der Waals surface area contributed by atoms with Crippen LogP contribution in [-0.2, 0) is 11.3 Å². The highest BCUT2D eigenvalue weighted by Crippen LogP contribution is 2.23. The van der Waals surface area contributed by atoms with Crippen LogP contribution in [0.1, 0.15) is 12.2 Å². The molecule has 1 aromatic heterocycles.